The van der Waals surface area contributed by atoms with Gasteiger partial charge in [0.1, 0.15) is 11.4 Å². The smallest absolute Gasteiger partial charge is 0.273 e. The summed E-state index contributed by atoms with van der Waals surface area (Å²) in [5.41, 5.74) is 5.30. The average molecular weight is 421 g/mol. The zero-order valence-corrected chi connectivity index (χ0v) is 18.2. The number of aromatic amines is 1. The van der Waals surface area contributed by atoms with Gasteiger partial charge in [-0.25, -0.2) is 0 Å². The highest BCUT2D eigenvalue weighted by Crippen LogP contribution is 2.43. The minimum absolute atomic E-state index is 0.120. The number of methoxy groups -OCH3 is 3. The van der Waals surface area contributed by atoms with Crippen molar-refractivity contribution >= 4 is 5.91 Å². The first kappa shape index (κ1) is 21.1. The number of aryl methyl sites for hydroxylation is 1. The van der Waals surface area contributed by atoms with Crippen LogP contribution in [0.1, 0.15) is 40.1 Å². The predicted molar refractivity (Wildman–Crippen MR) is 117 cm³/mol. The summed E-state index contributed by atoms with van der Waals surface area (Å²) in [7, 11) is 4.78. The van der Waals surface area contributed by atoms with E-state index in [1.165, 1.54) is 5.56 Å². The fourth-order valence-corrected chi connectivity index (χ4v) is 4.04. The van der Waals surface area contributed by atoms with Gasteiger partial charge >= 0.3 is 0 Å². The van der Waals surface area contributed by atoms with Crippen LogP contribution in [0.3, 0.4) is 0 Å². The van der Waals surface area contributed by atoms with E-state index >= 15 is 0 Å². The second-order valence-corrected chi connectivity index (χ2v) is 7.45. The lowest BCUT2D eigenvalue weighted by Crippen LogP contribution is -2.38. The van der Waals surface area contributed by atoms with E-state index in [0.717, 1.165) is 34.6 Å². The normalized spacial score (nSPS) is 15.6. The molecule has 1 amide bonds. The Labute approximate surface area is 181 Å². The molecule has 0 aliphatic carbocycles. The maximum absolute atomic E-state index is 13.3. The number of amides is 1. The van der Waals surface area contributed by atoms with Crippen LogP contribution in [-0.4, -0.2) is 55.2 Å². The monoisotopic (exact) mass is 421 g/mol. The summed E-state index contributed by atoms with van der Waals surface area (Å²) < 4.78 is 16.1. The van der Waals surface area contributed by atoms with E-state index < -0.39 is 6.29 Å². The first-order valence-corrected chi connectivity index (χ1v) is 10.3. The van der Waals surface area contributed by atoms with Crippen LogP contribution in [0.2, 0.25) is 0 Å². The van der Waals surface area contributed by atoms with Crippen LogP contribution in [-0.2, 0) is 15.9 Å². The first-order chi connectivity index (χ1) is 15.1. The number of rotatable bonds is 8. The number of fused-ring (bicyclic) bond motifs is 1. The van der Waals surface area contributed by atoms with Gasteiger partial charge in [0.2, 0.25) is 0 Å². The third-order valence-corrected chi connectivity index (χ3v) is 5.80. The molecule has 3 aromatic rings. The van der Waals surface area contributed by atoms with Crippen molar-refractivity contribution in [3.05, 3.63) is 70.9 Å². The van der Waals surface area contributed by atoms with Gasteiger partial charge in [-0.15, -0.1) is 0 Å². The zero-order valence-electron chi connectivity index (χ0n) is 18.2. The van der Waals surface area contributed by atoms with Gasteiger partial charge in [0.15, 0.2) is 6.29 Å². The van der Waals surface area contributed by atoms with E-state index in [0.29, 0.717) is 12.2 Å². The Bertz CT molecular complexity index is 1040. The number of aromatic nitrogens is 2. The number of carbonyl (C=O) groups excluding carboxylic acids is 1. The Morgan fingerprint density at radius 1 is 1.03 bits per heavy atom. The maximum Gasteiger partial charge on any atom is 0.273 e. The van der Waals surface area contributed by atoms with E-state index in [2.05, 4.69) is 41.4 Å². The summed E-state index contributed by atoms with van der Waals surface area (Å²) in [5, 5.41) is 7.47. The van der Waals surface area contributed by atoms with E-state index in [1.807, 2.05) is 24.3 Å². The van der Waals surface area contributed by atoms with Crippen LogP contribution < -0.4 is 4.74 Å². The van der Waals surface area contributed by atoms with Crippen LogP contribution in [0.25, 0.3) is 11.3 Å². The SMILES string of the molecule is CCc1ccc(C2c3c(-c4ccc(OC)cc4)n[nH]c3C(=O)N2CC(OC)OC)cc1. The highest BCUT2D eigenvalue weighted by atomic mass is 16.7. The molecule has 31 heavy (non-hydrogen) atoms. The molecule has 7 nitrogen and oxygen atoms in total. The van der Waals surface area contributed by atoms with Gasteiger partial charge < -0.3 is 19.1 Å². The molecule has 0 spiro atoms. The lowest BCUT2D eigenvalue weighted by molar-refractivity contribution is -0.113. The molecule has 1 N–H and O–H groups in total. The summed E-state index contributed by atoms with van der Waals surface area (Å²) in [5.74, 6) is 0.647. The minimum Gasteiger partial charge on any atom is -0.497 e. The Morgan fingerprint density at radius 3 is 2.29 bits per heavy atom. The highest BCUT2D eigenvalue weighted by molar-refractivity contribution is 6.00. The number of hydrogen-bond donors (Lipinski definition) is 1. The van der Waals surface area contributed by atoms with Crippen LogP contribution in [0.4, 0.5) is 0 Å². The van der Waals surface area contributed by atoms with Crippen LogP contribution >= 0.6 is 0 Å². The molecule has 0 radical (unpaired) electrons. The lowest BCUT2D eigenvalue weighted by atomic mass is 9.95. The molecular formula is C24H27N3O4. The Balaban J connectivity index is 1.81. The van der Waals surface area contributed by atoms with Crippen molar-refractivity contribution in [1.82, 2.24) is 15.1 Å². The minimum atomic E-state index is -0.525. The van der Waals surface area contributed by atoms with Crippen molar-refractivity contribution in [1.29, 1.82) is 0 Å². The second-order valence-electron chi connectivity index (χ2n) is 7.45. The fourth-order valence-electron chi connectivity index (χ4n) is 4.04. The third kappa shape index (κ3) is 3.82. The van der Waals surface area contributed by atoms with Crippen LogP contribution in [0.5, 0.6) is 5.75 Å². The summed E-state index contributed by atoms with van der Waals surface area (Å²) in [6.07, 6.45) is 0.430. The molecule has 162 valence electrons. The molecular weight excluding hydrogens is 394 g/mol. The first-order valence-electron chi connectivity index (χ1n) is 10.3. The summed E-state index contributed by atoms with van der Waals surface area (Å²) in [6.45, 7) is 2.43. The van der Waals surface area contributed by atoms with Gasteiger partial charge in [0.25, 0.3) is 5.91 Å². The second kappa shape index (κ2) is 8.91. The fraction of sp³-hybridized carbons (Fsp3) is 0.333. The number of carbonyl (C=O) groups is 1. The average Bonchev–Trinajstić information content (AvgIpc) is 3.36. The Kier molecular flexibility index (Phi) is 6.06. The predicted octanol–water partition coefficient (Wildman–Crippen LogP) is 3.81. The molecule has 4 rings (SSSR count). The highest BCUT2D eigenvalue weighted by Gasteiger charge is 2.43. The van der Waals surface area contributed by atoms with Gasteiger partial charge in [0.05, 0.1) is 25.4 Å². The number of ether oxygens (including phenoxy) is 3. The van der Waals surface area contributed by atoms with E-state index in [9.17, 15) is 4.79 Å². The molecule has 2 heterocycles. The largest absolute Gasteiger partial charge is 0.497 e. The Morgan fingerprint density at radius 2 is 1.71 bits per heavy atom. The maximum atomic E-state index is 13.3. The number of benzene rings is 2. The van der Waals surface area contributed by atoms with Crippen LogP contribution in [0.15, 0.2) is 48.5 Å². The summed E-state index contributed by atoms with van der Waals surface area (Å²) in [4.78, 5) is 15.1. The van der Waals surface area contributed by atoms with E-state index in [4.69, 9.17) is 14.2 Å². The van der Waals surface area contributed by atoms with Crippen molar-refractivity contribution in [3.8, 4) is 17.0 Å². The number of nitrogens with one attached hydrogen (secondary N) is 1. The Hall–Kier alpha value is -3.16. The lowest BCUT2D eigenvalue weighted by Gasteiger charge is -2.29. The van der Waals surface area contributed by atoms with Gasteiger partial charge in [-0.1, -0.05) is 31.2 Å². The number of nitrogens with zero attached hydrogens (tertiary/aromatic N) is 2. The molecule has 0 bridgehead atoms. The van der Waals surface area contributed by atoms with Gasteiger partial charge in [-0.3, -0.25) is 9.89 Å². The van der Waals surface area contributed by atoms with E-state index in [-0.39, 0.29) is 11.9 Å². The molecule has 1 aliphatic heterocycles. The van der Waals surface area contributed by atoms with Crippen molar-refractivity contribution in [2.45, 2.75) is 25.7 Å². The standard InChI is InChI=1S/C24H27N3O4/c1-5-15-6-8-17(9-7-15)23-20-21(16-10-12-18(29-2)13-11-16)25-26-22(20)24(28)27(23)14-19(30-3)31-4/h6-13,19,23H,5,14H2,1-4H3,(H,25,26). The van der Waals surface area contributed by atoms with E-state index in [1.54, 1.807) is 26.2 Å². The third-order valence-electron chi connectivity index (χ3n) is 5.80. The van der Waals surface area contributed by atoms with Gasteiger partial charge in [-0.05, 0) is 41.8 Å². The molecule has 0 fully saturated rings. The molecule has 1 unspecified atom stereocenters. The molecule has 1 aliphatic rings. The molecule has 2 aromatic carbocycles. The molecule has 7 heteroatoms. The van der Waals surface area contributed by atoms with Gasteiger partial charge in [0, 0.05) is 25.3 Å². The van der Waals surface area contributed by atoms with Crippen molar-refractivity contribution in [2.75, 3.05) is 27.9 Å². The molecule has 1 atom stereocenters. The summed E-state index contributed by atoms with van der Waals surface area (Å²) >= 11 is 0. The van der Waals surface area contributed by atoms with Crippen molar-refractivity contribution in [2.24, 2.45) is 0 Å². The number of hydrogen-bond acceptors (Lipinski definition) is 5. The quantitative estimate of drug-likeness (QED) is 0.560. The van der Waals surface area contributed by atoms with Crippen molar-refractivity contribution < 1.29 is 19.0 Å². The summed E-state index contributed by atoms with van der Waals surface area (Å²) in [6, 6.07) is 15.8. The molecule has 0 saturated carbocycles. The van der Waals surface area contributed by atoms with Crippen LogP contribution in [0, 0.1) is 0 Å². The molecule has 1 aromatic heterocycles. The zero-order chi connectivity index (χ0) is 22.0. The number of H-pyrrole nitrogens is 1. The van der Waals surface area contributed by atoms with Gasteiger partial charge in [-0.2, -0.15) is 5.10 Å². The molecule has 0 saturated heterocycles. The topological polar surface area (TPSA) is 76.7 Å². The van der Waals surface area contributed by atoms with Crippen molar-refractivity contribution in [3.63, 3.8) is 0 Å².